The first kappa shape index (κ1) is 12.2. The van der Waals surface area contributed by atoms with Gasteiger partial charge in [0.05, 0.1) is 0 Å². The Morgan fingerprint density at radius 1 is 1.17 bits per heavy atom. The molecule has 1 fully saturated rings. The lowest BCUT2D eigenvalue weighted by molar-refractivity contribution is 0.0994. The Morgan fingerprint density at radius 3 is 2.67 bits per heavy atom. The molecule has 1 saturated heterocycles. The van der Waals surface area contributed by atoms with Crippen LogP contribution in [-0.4, -0.2) is 42.5 Å². The van der Waals surface area contributed by atoms with Crippen LogP contribution in [-0.2, 0) is 6.42 Å². The first-order valence-electron chi connectivity index (χ1n) is 7.33. The average molecular weight is 244 g/mol. The number of likely N-dealkylation sites (N-methyl/N-ethyl adjacent to an activating group) is 1. The number of nitrogens with zero attached hydrogens (tertiary/aromatic N) is 2. The fourth-order valence-electron chi connectivity index (χ4n) is 3.47. The first-order chi connectivity index (χ1) is 8.78. The molecule has 3 rings (SSSR count). The molecule has 1 unspecified atom stereocenters. The Morgan fingerprint density at radius 2 is 1.94 bits per heavy atom. The van der Waals surface area contributed by atoms with Gasteiger partial charge in [-0.1, -0.05) is 30.7 Å². The Hall–Kier alpha value is -0.860. The van der Waals surface area contributed by atoms with Crippen molar-refractivity contribution in [2.24, 2.45) is 0 Å². The number of hydrogen-bond acceptors (Lipinski definition) is 2. The zero-order valence-electron chi connectivity index (χ0n) is 11.7. The second-order valence-electron chi connectivity index (χ2n) is 5.73. The van der Waals surface area contributed by atoms with Gasteiger partial charge in [0.15, 0.2) is 0 Å². The van der Waals surface area contributed by atoms with Crippen molar-refractivity contribution in [3.8, 4) is 0 Å². The Bertz CT molecular complexity index is 419. The van der Waals surface area contributed by atoms with E-state index in [1.165, 1.54) is 51.1 Å². The molecule has 1 aromatic carbocycles. The zero-order chi connectivity index (χ0) is 12.5. The summed E-state index contributed by atoms with van der Waals surface area (Å²) in [6, 6.07) is 7.71. The summed E-state index contributed by atoms with van der Waals surface area (Å²) in [6.07, 6.45) is 2.60. The molecule has 0 saturated carbocycles. The number of benzene rings is 1. The van der Waals surface area contributed by atoms with Gasteiger partial charge in [-0.25, -0.2) is 0 Å². The molecule has 1 aliphatic carbocycles. The summed E-state index contributed by atoms with van der Waals surface area (Å²) >= 11 is 0. The zero-order valence-corrected chi connectivity index (χ0v) is 11.7. The predicted molar refractivity (Wildman–Crippen MR) is 75.9 cm³/mol. The highest BCUT2D eigenvalue weighted by molar-refractivity contribution is 5.37. The molecule has 1 aliphatic heterocycles. The topological polar surface area (TPSA) is 6.48 Å². The fourth-order valence-corrected chi connectivity index (χ4v) is 3.47. The molecule has 0 radical (unpaired) electrons. The molecule has 1 aromatic rings. The largest absolute Gasteiger partial charge is 0.301 e. The molecule has 98 valence electrons. The van der Waals surface area contributed by atoms with Crippen molar-refractivity contribution in [2.75, 3.05) is 32.7 Å². The third kappa shape index (κ3) is 2.19. The van der Waals surface area contributed by atoms with Crippen LogP contribution in [0.3, 0.4) is 0 Å². The van der Waals surface area contributed by atoms with Gasteiger partial charge < -0.3 is 4.90 Å². The Kier molecular flexibility index (Phi) is 3.40. The van der Waals surface area contributed by atoms with Crippen LogP contribution < -0.4 is 0 Å². The van der Waals surface area contributed by atoms with Crippen molar-refractivity contribution in [3.05, 3.63) is 34.9 Å². The lowest BCUT2D eigenvalue weighted by Crippen LogP contribution is -2.47. The molecular formula is C16H24N2. The minimum absolute atomic E-state index is 0.693. The van der Waals surface area contributed by atoms with E-state index in [4.69, 9.17) is 0 Å². The number of piperazine rings is 1. The molecular weight excluding hydrogens is 220 g/mol. The third-order valence-corrected chi connectivity index (χ3v) is 4.64. The van der Waals surface area contributed by atoms with Gasteiger partial charge in [-0.15, -0.1) is 0 Å². The van der Waals surface area contributed by atoms with Gasteiger partial charge in [0, 0.05) is 32.2 Å². The van der Waals surface area contributed by atoms with Gasteiger partial charge in [0.2, 0.25) is 0 Å². The van der Waals surface area contributed by atoms with Crippen molar-refractivity contribution in [1.29, 1.82) is 0 Å². The van der Waals surface area contributed by atoms with Crippen molar-refractivity contribution in [2.45, 2.75) is 32.7 Å². The smallest absolute Gasteiger partial charge is 0.0355 e. The van der Waals surface area contributed by atoms with Crippen LogP contribution in [0.1, 0.15) is 36.1 Å². The summed E-state index contributed by atoms with van der Waals surface area (Å²) in [5.74, 6) is 0. The quantitative estimate of drug-likeness (QED) is 0.789. The van der Waals surface area contributed by atoms with Gasteiger partial charge in [-0.3, -0.25) is 4.90 Å². The molecule has 0 N–H and O–H groups in total. The summed E-state index contributed by atoms with van der Waals surface area (Å²) in [6.45, 7) is 10.7. The average Bonchev–Trinajstić information content (AvgIpc) is 2.82. The van der Waals surface area contributed by atoms with E-state index in [1.54, 1.807) is 11.1 Å². The molecule has 0 amide bonds. The molecule has 2 aliphatic rings. The van der Waals surface area contributed by atoms with Crippen LogP contribution in [0, 0.1) is 6.92 Å². The molecule has 0 aromatic heterocycles. The van der Waals surface area contributed by atoms with E-state index in [1.807, 2.05) is 0 Å². The summed E-state index contributed by atoms with van der Waals surface area (Å²) in [5.41, 5.74) is 4.61. The van der Waals surface area contributed by atoms with E-state index in [0.29, 0.717) is 6.04 Å². The van der Waals surface area contributed by atoms with Crippen LogP contribution in [0.5, 0.6) is 0 Å². The third-order valence-electron chi connectivity index (χ3n) is 4.64. The molecule has 0 bridgehead atoms. The number of hydrogen-bond donors (Lipinski definition) is 0. The standard InChI is InChI=1S/C16H24N2/c1-3-17-8-10-18(11-9-17)16-7-6-14-5-4-13(2)12-15(14)16/h4-5,12,16H,3,6-11H2,1-2H3. The van der Waals surface area contributed by atoms with E-state index in [0.717, 1.165) is 0 Å². The predicted octanol–water partition coefficient (Wildman–Crippen LogP) is 2.62. The van der Waals surface area contributed by atoms with E-state index < -0.39 is 0 Å². The van der Waals surface area contributed by atoms with E-state index in [2.05, 4.69) is 41.8 Å². The molecule has 2 heteroatoms. The molecule has 1 heterocycles. The van der Waals surface area contributed by atoms with E-state index in [9.17, 15) is 0 Å². The van der Waals surface area contributed by atoms with Crippen LogP contribution in [0.2, 0.25) is 0 Å². The lowest BCUT2D eigenvalue weighted by Gasteiger charge is -2.38. The molecule has 0 spiro atoms. The van der Waals surface area contributed by atoms with Crippen molar-refractivity contribution >= 4 is 0 Å². The van der Waals surface area contributed by atoms with Gasteiger partial charge >= 0.3 is 0 Å². The van der Waals surface area contributed by atoms with Gasteiger partial charge in [-0.2, -0.15) is 0 Å². The van der Waals surface area contributed by atoms with E-state index >= 15 is 0 Å². The number of fused-ring (bicyclic) bond motifs is 1. The van der Waals surface area contributed by atoms with Crippen LogP contribution in [0.25, 0.3) is 0 Å². The molecule has 1 atom stereocenters. The van der Waals surface area contributed by atoms with Crippen LogP contribution in [0.4, 0.5) is 0 Å². The van der Waals surface area contributed by atoms with Crippen LogP contribution in [0.15, 0.2) is 18.2 Å². The lowest BCUT2D eigenvalue weighted by atomic mass is 10.0. The Balaban J connectivity index is 1.74. The maximum absolute atomic E-state index is 2.71. The highest BCUT2D eigenvalue weighted by atomic mass is 15.3. The minimum atomic E-state index is 0.693. The SMILES string of the molecule is CCN1CCN(C2CCc3ccc(C)cc32)CC1. The van der Waals surface area contributed by atoms with E-state index in [-0.39, 0.29) is 0 Å². The molecule has 2 nitrogen and oxygen atoms in total. The van der Waals surface area contributed by atoms with Crippen molar-refractivity contribution < 1.29 is 0 Å². The second kappa shape index (κ2) is 5.02. The first-order valence-corrected chi connectivity index (χ1v) is 7.33. The van der Waals surface area contributed by atoms with Gasteiger partial charge in [-0.05, 0) is 37.4 Å². The van der Waals surface area contributed by atoms with Gasteiger partial charge in [0.25, 0.3) is 0 Å². The minimum Gasteiger partial charge on any atom is -0.301 e. The monoisotopic (exact) mass is 244 g/mol. The van der Waals surface area contributed by atoms with Gasteiger partial charge in [0.1, 0.15) is 0 Å². The normalized spacial score (nSPS) is 25.3. The maximum Gasteiger partial charge on any atom is 0.0355 e. The van der Waals surface area contributed by atoms with Crippen LogP contribution >= 0.6 is 0 Å². The second-order valence-corrected chi connectivity index (χ2v) is 5.73. The highest BCUT2D eigenvalue weighted by Gasteiger charge is 2.29. The van der Waals surface area contributed by atoms with Crippen molar-refractivity contribution in [3.63, 3.8) is 0 Å². The summed E-state index contributed by atoms with van der Waals surface area (Å²) in [5, 5.41) is 0. The summed E-state index contributed by atoms with van der Waals surface area (Å²) in [4.78, 5) is 5.26. The summed E-state index contributed by atoms with van der Waals surface area (Å²) in [7, 11) is 0. The molecule has 18 heavy (non-hydrogen) atoms. The number of aryl methyl sites for hydroxylation is 2. The maximum atomic E-state index is 2.71. The Labute approximate surface area is 111 Å². The highest BCUT2D eigenvalue weighted by Crippen LogP contribution is 2.36. The summed E-state index contributed by atoms with van der Waals surface area (Å²) < 4.78 is 0. The number of rotatable bonds is 2. The van der Waals surface area contributed by atoms with Crippen molar-refractivity contribution in [1.82, 2.24) is 9.80 Å². The fraction of sp³-hybridized carbons (Fsp3) is 0.625.